The topological polar surface area (TPSA) is 80.3 Å². The maximum atomic E-state index is 13.4. The van der Waals surface area contributed by atoms with Crippen molar-refractivity contribution in [3.8, 4) is 5.69 Å². The van der Waals surface area contributed by atoms with E-state index in [1.165, 1.54) is 4.80 Å². The molecule has 172 valence electrons. The number of nitrogens with zero attached hydrogens (tertiary/aromatic N) is 6. The summed E-state index contributed by atoms with van der Waals surface area (Å²) in [6, 6.07) is 11.7. The average Bonchev–Trinajstić information content (AvgIpc) is 3.44. The molecule has 0 saturated carbocycles. The van der Waals surface area contributed by atoms with Crippen LogP contribution in [0.4, 0.5) is 6.01 Å². The third-order valence-electron chi connectivity index (χ3n) is 5.41. The number of rotatable bonds is 3. The van der Waals surface area contributed by atoms with Crippen LogP contribution in [0, 0.1) is 6.92 Å². The van der Waals surface area contributed by atoms with Gasteiger partial charge in [-0.2, -0.15) is 20.0 Å². The van der Waals surface area contributed by atoms with Gasteiger partial charge < -0.3 is 14.2 Å². The molecule has 1 amide bonds. The third kappa shape index (κ3) is 4.85. The zero-order valence-corrected chi connectivity index (χ0v) is 19.8. The maximum absolute atomic E-state index is 13.4. The summed E-state index contributed by atoms with van der Waals surface area (Å²) in [4.78, 5) is 23.4. The van der Waals surface area contributed by atoms with Crippen molar-refractivity contribution in [1.29, 1.82) is 0 Å². The third-order valence-corrected chi connectivity index (χ3v) is 5.64. The monoisotopic (exact) mass is 466 g/mol. The van der Waals surface area contributed by atoms with Crippen LogP contribution in [0.15, 0.2) is 53.2 Å². The van der Waals surface area contributed by atoms with Gasteiger partial charge in [0.05, 0.1) is 23.6 Å². The standard InChI is InChI=1S/C22H21ClN6O2.C2H6/c1-15-3-5-19(29-24-7-8-25-29)17(13-15)21(30)27-9-2-10-28(12-11-27)22-26-18-14-16(23)4-6-20(18)31-22;1-2/h3-8,13-14H,2,9-12H2,1H3;1-2H3. The van der Waals surface area contributed by atoms with E-state index in [2.05, 4.69) is 20.1 Å². The highest BCUT2D eigenvalue weighted by atomic mass is 35.5. The number of fused-ring (bicyclic) bond motifs is 1. The zero-order chi connectivity index (χ0) is 23.4. The second-order valence-electron chi connectivity index (χ2n) is 7.58. The molecule has 1 aliphatic heterocycles. The molecule has 2 aromatic carbocycles. The fraction of sp³-hybridized carbons (Fsp3) is 0.333. The first kappa shape index (κ1) is 22.8. The minimum Gasteiger partial charge on any atom is -0.423 e. The number of aromatic nitrogens is 4. The normalized spacial score (nSPS) is 14.1. The van der Waals surface area contributed by atoms with Crippen molar-refractivity contribution < 1.29 is 9.21 Å². The molecule has 1 fully saturated rings. The van der Waals surface area contributed by atoms with Crippen LogP contribution in [0.1, 0.15) is 36.2 Å². The number of carbonyl (C=O) groups excluding carboxylic acids is 1. The number of anilines is 1. The number of halogens is 1. The summed E-state index contributed by atoms with van der Waals surface area (Å²) in [6.07, 6.45) is 4.02. The molecule has 0 bridgehead atoms. The van der Waals surface area contributed by atoms with Gasteiger partial charge in [0.25, 0.3) is 11.9 Å². The van der Waals surface area contributed by atoms with Gasteiger partial charge in [0.1, 0.15) is 5.52 Å². The lowest BCUT2D eigenvalue weighted by Gasteiger charge is -2.22. The molecule has 3 heterocycles. The molecule has 0 N–H and O–H groups in total. The Hall–Kier alpha value is -3.39. The highest BCUT2D eigenvalue weighted by Gasteiger charge is 2.25. The summed E-state index contributed by atoms with van der Waals surface area (Å²) in [7, 11) is 0. The van der Waals surface area contributed by atoms with Crippen molar-refractivity contribution in [3.63, 3.8) is 0 Å². The predicted molar refractivity (Wildman–Crippen MR) is 129 cm³/mol. The molecule has 1 aliphatic rings. The maximum Gasteiger partial charge on any atom is 0.298 e. The first-order valence-corrected chi connectivity index (χ1v) is 11.5. The second kappa shape index (κ2) is 10.0. The smallest absolute Gasteiger partial charge is 0.298 e. The van der Waals surface area contributed by atoms with Crippen molar-refractivity contribution in [2.75, 3.05) is 31.1 Å². The molecule has 0 atom stereocenters. The van der Waals surface area contributed by atoms with Gasteiger partial charge in [-0.25, -0.2) is 0 Å². The number of benzene rings is 2. The predicted octanol–water partition coefficient (Wildman–Crippen LogP) is 4.75. The van der Waals surface area contributed by atoms with Crippen molar-refractivity contribution in [2.45, 2.75) is 27.2 Å². The molecule has 33 heavy (non-hydrogen) atoms. The summed E-state index contributed by atoms with van der Waals surface area (Å²) >= 11 is 6.06. The lowest BCUT2D eigenvalue weighted by atomic mass is 10.1. The van der Waals surface area contributed by atoms with Crippen LogP contribution in [-0.2, 0) is 0 Å². The van der Waals surface area contributed by atoms with E-state index >= 15 is 0 Å². The SMILES string of the molecule is CC.Cc1ccc(-n2nccn2)c(C(=O)N2CCCN(c3nc4cc(Cl)ccc4o3)CC2)c1. The first-order valence-electron chi connectivity index (χ1n) is 11.2. The highest BCUT2D eigenvalue weighted by molar-refractivity contribution is 6.31. The summed E-state index contributed by atoms with van der Waals surface area (Å²) in [6.45, 7) is 8.58. The molecule has 4 aromatic rings. The van der Waals surface area contributed by atoms with E-state index in [0.29, 0.717) is 47.5 Å². The fourth-order valence-corrected chi connectivity index (χ4v) is 4.01. The largest absolute Gasteiger partial charge is 0.423 e. The highest BCUT2D eigenvalue weighted by Crippen LogP contribution is 2.26. The minimum atomic E-state index is -0.0257. The summed E-state index contributed by atoms with van der Waals surface area (Å²) in [5.74, 6) is -0.0257. The number of aryl methyl sites for hydroxylation is 1. The first-order chi connectivity index (χ1) is 16.1. The zero-order valence-electron chi connectivity index (χ0n) is 19.0. The van der Waals surface area contributed by atoms with Crippen LogP contribution in [0.2, 0.25) is 5.02 Å². The molecule has 0 unspecified atom stereocenters. The Morgan fingerprint density at radius 2 is 1.79 bits per heavy atom. The van der Waals surface area contributed by atoms with Gasteiger partial charge in [-0.3, -0.25) is 4.79 Å². The number of hydrogen-bond acceptors (Lipinski definition) is 6. The quantitative estimate of drug-likeness (QED) is 0.433. The Labute approximate surface area is 197 Å². The van der Waals surface area contributed by atoms with Gasteiger partial charge in [-0.15, -0.1) is 0 Å². The van der Waals surface area contributed by atoms with E-state index < -0.39 is 0 Å². The Morgan fingerprint density at radius 3 is 2.58 bits per heavy atom. The molecule has 0 spiro atoms. The van der Waals surface area contributed by atoms with Crippen LogP contribution in [-0.4, -0.2) is 57.0 Å². The van der Waals surface area contributed by atoms with Crippen molar-refractivity contribution in [2.24, 2.45) is 0 Å². The second-order valence-corrected chi connectivity index (χ2v) is 8.02. The van der Waals surface area contributed by atoms with Gasteiger partial charge in [0, 0.05) is 31.2 Å². The molecule has 9 heteroatoms. The van der Waals surface area contributed by atoms with E-state index in [-0.39, 0.29) is 5.91 Å². The van der Waals surface area contributed by atoms with E-state index in [0.717, 1.165) is 24.0 Å². The molecule has 5 rings (SSSR count). The Kier molecular flexibility index (Phi) is 6.93. The lowest BCUT2D eigenvalue weighted by molar-refractivity contribution is 0.0766. The van der Waals surface area contributed by atoms with Crippen molar-refractivity contribution in [3.05, 3.63) is 64.9 Å². The Bertz CT molecular complexity index is 1240. The van der Waals surface area contributed by atoms with Crippen LogP contribution < -0.4 is 4.90 Å². The van der Waals surface area contributed by atoms with E-state index in [9.17, 15) is 4.79 Å². The molecule has 0 aliphatic carbocycles. The van der Waals surface area contributed by atoms with E-state index in [1.807, 2.05) is 49.9 Å². The van der Waals surface area contributed by atoms with Crippen LogP contribution in [0.25, 0.3) is 16.8 Å². The van der Waals surface area contributed by atoms with E-state index in [4.69, 9.17) is 16.0 Å². The van der Waals surface area contributed by atoms with Gasteiger partial charge in [-0.1, -0.05) is 37.1 Å². The minimum absolute atomic E-state index is 0.0257. The molecule has 2 aromatic heterocycles. The van der Waals surface area contributed by atoms with Gasteiger partial charge in [0.15, 0.2) is 5.58 Å². The number of hydrogen-bond donors (Lipinski definition) is 0. The van der Waals surface area contributed by atoms with Crippen LogP contribution >= 0.6 is 11.6 Å². The van der Waals surface area contributed by atoms with Crippen LogP contribution in [0.5, 0.6) is 0 Å². The van der Waals surface area contributed by atoms with E-state index in [1.54, 1.807) is 24.5 Å². The fourth-order valence-electron chi connectivity index (χ4n) is 3.84. The molecular formula is C24H27ClN6O2. The lowest BCUT2D eigenvalue weighted by Crippen LogP contribution is -2.36. The summed E-state index contributed by atoms with van der Waals surface area (Å²) in [5, 5.41) is 9.02. The number of oxazole rings is 1. The molecule has 8 nitrogen and oxygen atoms in total. The van der Waals surface area contributed by atoms with Gasteiger partial charge in [0.2, 0.25) is 0 Å². The summed E-state index contributed by atoms with van der Waals surface area (Å²) < 4.78 is 5.92. The average molecular weight is 467 g/mol. The molecule has 0 radical (unpaired) electrons. The van der Waals surface area contributed by atoms with Crippen molar-refractivity contribution in [1.82, 2.24) is 24.9 Å². The molecule has 1 saturated heterocycles. The van der Waals surface area contributed by atoms with Crippen molar-refractivity contribution >= 4 is 34.6 Å². The molecular weight excluding hydrogens is 440 g/mol. The van der Waals surface area contributed by atoms with Gasteiger partial charge >= 0.3 is 0 Å². The van der Waals surface area contributed by atoms with Gasteiger partial charge in [-0.05, 0) is 43.7 Å². The van der Waals surface area contributed by atoms with Crippen LogP contribution in [0.3, 0.4) is 0 Å². The Morgan fingerprint density at radius 1 is 1.00 bits per heavy atom. The number of amides is 1. The number of carbonyl (C=O) groups is 1. The summed E-state index contributed by atoms with van der Waals surface area (Å²) in [5.41, 5.74) is 3.73. The Balaban J connectivity index is 0.00000126.